The first-order chi connectivity index (χ1) is 17.2. The molecule has 36 heavy (non-hydrogen) atoms. The van der Waals surface area contributed by atoms with Crippen molar-refractivity contribution in [3.63, 3.8) is 0 Å². The molecule has 182 valence electrons. The largest absolute Gasteiger partial charge is 0.478 e. The van der Waals surface area contributed by atoms with E-state index in [2.05, 4.69) is 10.6 Å². The van der Waals surface area contributed by atoms with E-state index >= 15 is 0 Å². The molecule has 6 nitrogen and oxygen atoms in total. The molecule has 1 unspecified atom stereocenters. The van der Waals surface area contributed by atoms with Gasteiger partial charge in [-0.15, -0.1) is 11.8 Å². The van der Waals surface area contributed by atoms with Crippen molar-refractivity contribution in [3.05, 3.63) is 101 Å². The van der Waals surface area contributed by atoms with Crippen LogP contribution in [0.25, 0.3) is 10.8 Å². The van der Waals surface area contributed by atoms with Crippen LogP contribution in [0.5, 0.6) is 0 Å². The number of carboxylic acid groups (broad SMARTS) is 1. The Morgan fingerprint density at radius 3 is 2.17 bits per heavy atom. The molecule has 0 aliphatic carbocycles. The van der Waals surface area contributed by atoms with Crippen molar-refractivity contribution in [2.45, 2.75) is 30.9 Å². The summed E-state index contributed by atoms with van der Waals surface area (Å²) in [5.74, 6) is -1.56. The highest BCUT2D eigenvalue weighted by atomic mass is 32.2. The van der Waals surface area contributed by atoms with Gasteiger partial charge >= 0.3 is 5.97 Å². The van der Waals surface area contributed by atoms with Gasteiger partial charge in [0.05, 0.1) is 10.8 Å². The predicted molar refractivity (Wildman–Crippen MR) is 145 cm³/mol. The van der Waals surface area contributed by atoms with Crippen molar-refractivity contribution in [2.24, 2.45) is 0 Å². The Morgan fingerprint density at radius 1 is 0.833 bits per heavy atom. The first kappa shape index (κ1) is 25.0. The Balaban J connectivity index is 1.44. The van der Waals surface area contributed by atoms with Crippen LogP contribution >= 0.6 is 11.8 Å². The van der Waals surface area contributed by atoms with Crippen LogP contribution in [0.3, 0.4) is 0 Å². The zero-order chi connectivity index (χ0) is 25.8. The maximum absolute atomic E-state index is 13.0. The number of carboxylic acids is 1. The second kappa shape index (κ2) is 10.7. The van der Waals surface area contributed by atoms with Gasteiger partial charge in [0.15, 0.2) is 0 Å². The van der Waals surface area contributed by atoms with Crippen molar-refractivity contribution < 1.29 is 19.5 Å². The Labute approximate surface area is 213 Å². The summed E-state index contributed by atoms with van der Waals surface area (Å²) in [6, 6.07) is 23.2. The number of carbonyl (C=O) groups excluding carboxylic acids is 2. The van der Waals surface area contributed by atoms with Gasteiger partial charge in [-0.1, -0.05) is 36.4 Å². The molecule has 4 aromatic carbocycles. The number of hydrogen-bond acceptors (Lipinski definition) is 4. The highest BCUT2D eigenvalue weighted by Gasteiger charge is 2.18. The average Bonchev–Trinajstić information content (AvgIpc) is 2.86. The van der Waals surface area contributed by atoms with Gasteiger partial charge < -0.3 is 15.7 Å². The molecule has 0 spiro atoms. The number of thioether (sulfide) groups is 1. The van der Waals surface area contributed by atoms with E-state index in [0.717, 1.165) is 21.7 Å². The third-order valence-electron chi connectivity index (χ3n) is 5.82. The monoisotopic (exact) mass is 498 g/mol. The molecule has 0 fully saturated rings. The first-order valence-corrected chi connectivity index (χ1v) is 12.3. The summed E-state index contributed by atoms with van der Waals surface area (Å²) in [5, 5.41) is 16.2. The predicted octanol–water partition coefficient (Wildman–Crippen LogP) is 6.53. The van der Waals surface area contributed by atoms with E-state index in [1.807, 2.05) is 51.1 Å². The SMILES string of the molecule is Cc1ccc(C)c(NC(=O)C(C)Sc2ccc(NC(=O)c3cccc4cccc(C(=O)O)c34)cc2)c1. The van der Waals surface area contributed by atoms with Gasteiger partial charge in [-0.3, -0.25) is 9.59 Å². The second-order valence-electron chi connectivity index (χ2n) is 8.56. The van der Waals surface area contributed by atoms with Crippen LogP contribution < -0.4 is 10.6 Å². The molecule has 0 saturated carbocycles. The summed E-state index contributed by atoms with van der Waals surface area (Å²) in [6.45, 7) is 5.79. The van der Waals surface area contributed by atoms with Crippen molar-refractivity contribution in [2.75, 3.05) is 10.6 Å². The number of hydrogen-bond donors (Lipinski definition) is 3. The lowest BCUT2D eigenvalue weighted by Crippen LogP contribution is -2.22. The molecule has 0 aliphatic rings. The van der Waals surface area contributed by atoms with E-state index in [0.29, 0.717) is 22.0 Å². The van der Waals surface area contributed by atoms with Crippen LogP contribution in [-0.2, 0) is 4.79 Å². The standard InChI is InChI=1S/C29H26N2O4S/c1-17-10-11-18(2)25(16-17)31-27(32)19(3)36-22-14-12-21(13-15-22)30-28(33)23-8-4-6-20-7-5-9-24(26(20)23)29(34)35/h4-16,19H,1-3H3,(H,30,33)(H,31,32)(H,34,35). The molecule has 3 N–H and O–H groups in total. The Hall–Kier alpha value is -4.10. The van der Waals surface area contributed by atoms with E-state index in [1.165, 1.54) is 17.8 Å². The molecule has 0 aromatic heterocycles. The minimum atomic E-state index is -1.09. The number of amides is 2. The van der Waals surface area contributed by atoms with Gasteiger partial charge in [-0.2, -0.15) is 0 Å². The number of fused-ring (bicyclic) bond motifs is 1. The highest BCUT2D eigenvalue weighted by Crippen LogP contribution is 2.28. The third kappa shape index (κ3) is 5.58. The first-order valence-electron chi connectivity index (χ1n) is 11.4. The van der Waals surface area contributed by atoms with Crippen molar-refractivity contribution in [3.8, 4) is 0 Å². The number of nitrogens with one attached hydrogen (secondary N) is 2. The number of anilines is 2. The van der Waals surface area contributed by atoms with E-state index < -0.39 is 11.9 Å². The molecule has 0 radical (unpaired) electrons. The number of carbonyl (C=O) groups is 3. The van der Waals surface area contributed by atoms with Crippen LogP contribution in [0.1, 0.15) is 38.8 Å². The third-order valence-corrected chi connectivity index (χ3v) is 6.94. The fraction of sp³-hybridized carbons (Fsp3) is 0.138. The Kier molecular flexibility index (Phi) is 7.41. The van der Waals surface area contributed by atoms with Gasteiger partial charge in [0, 0.05) is 27.2 Å². The molecular formula is C29H26N2O4S. The maximum Gasteiger partial charge on any atom is 0.336 e. The van der Waals surface area contributed by atoms with E-state index in [-0.39, 0.29) is 16.7 Å². The number of aryl methyl sites for hydroxylation is 2. The molecule has 0 saturated heterocycles. The van der Waals surface area contributed by atoms with Crippen LogP contribution in [0.2, 0.25) is 0 Å². The highest BCUT2D eigenvalue weighted by molar-refractivity contribution is 8.00. The average molecular weight is 499 g/mol. The Bertz CT molecular complexity index is 1460. The van der Waals surface area contributed by atoms with Crippen molar-refractivity contribution in [1.82, 2.24) is 0 Å². The van der Waals surface area contributed by atoms with E-state index in [4.69, 9.17) is 0 Å². The molecule has 1 atom stereocenters. The van der Waals surface area contributed by atoms with Crippen LogP contribution in [0.15, 0.2) is 83.8 Å². The van der Waals surface area contributed by atoms with Gasteiger partial charge in [-0.25, -0.2) is 4.79 Å². The minimum absolute atomic E-state index is 0.0816. The van der Waals surface area contributed by atoms with Gasteiger partial charge in [-0.05, 0) is 79.7 Å². The van der Waals surface area contributed by atoms with Crippen molar-refractivity contribution >= 4 is 51.7 Å². The molecular weight excluding hydrogens is 472 g/mol. The zero-order valence-electron chi connectivity index (χ0n) is 20.2. The van der Waals surface area contributed by atoms with Crippen LogP contribution in [0.4, 0.5) is 11.4 Å². The van der Waals surface area contributed by atoms with Gasteiger partial charge in [0.25, 0.3) is 5.91 Å². The normalized spacial score (nSPS) is 11.6. The second-order valence-corrected chi connectivity index (χ2v) is 9.97. The molecule has 4 aromatic rings. The molecule has 0 heterocycles. The number of aromatic carboxylic acids is 1. The molecule has 7 heteroatoms. The zero-order valence-corrected chi connectivity index (χ0v) is 21.0. The fourth-order valence-electron chi connectivity index (χ4n) is 3.89. The molecule has 0 bridgehead atoms. The lowest BCUT2D eigenvalue weighted by atomic mass is 9.98. The van der Waals surface area contributed by atoms with Crippen molar-refractivity contribution in [1.29, 1.82) is 0 Å². The number of rotatable bonds is 7. The smallest absolute Gasteiger partial charge is 0.336 e. The fourth-order valence-corrected chi connectivity index (χ4v) is 4.75. The minimum Gasteiger partial charge on any atom is -0.478 e. The van der Waals surface area contributed by atoms with Crippen LogP contribution in [0, 0.1) is 13.8 Å². The lowest BCUT2D eigenvalue weighted by molar-refractivity contribution is -0.115. The maximum atomic E-state index is 13.0. The number of benzene rings is 4. The summed E-state index contributed by atoms with van der Waals surface area (Å²) in [5.41, 5.74) is 3.84. The Morgan fingerprint density at radius 2 is 1.50 bits per heavy atom. The molecule has 2 amide bonds. The van der Waals surface area contributed by atoms with Gasteiger partial charge in [0.1, 0.15) is 0 Å². The summed E-state index contributed by atoms with van der Waals surface area (Å²) in [4.78, 5) is 38.3. The molecule has 4 rings (SSSR count). The van der Waals surface area contributed by atoms with E-state index in [1.54, 1.807) is 42.5 Å². The summed E-state index contributed by atoms with van der Waals surface area (Å²) in [7, 11) is 0. The summed E-state index contributed by atoms with van der Waals surface area (Å²) in [6.07, 6.45) is 0. The lowest BCUT2D eigenvalue weighted by Gasteiger charge is -2.14. The topological polar surface area (TPSA) is 95.5 Å². The summed E-state index contributed by atoms with van der Waals surface area (Å²) < 4.78 is 0. The quantitative estimate of drug-likeness (QED) is 0.252. The molecule has 0 aliphatic heterocycles. The summed E-state index contributed by atoms with van der Waals surface area (Å²) >= 11 is 1.42. The van der Waals surface area contributed by atoms with Gasteiger partial charge in [0.2, 0.25) is 5.91 Å². The van der Waals surface area contributed by atoms with Crippen LogP contribution in [-0.4, -0.2) is 28.1 Å². The van der Waals surface area contributed by atoms with E-state index in [9.17, 15) is 19.5 Å².